The summed E-state index contributed by atoms with van der Waals surface area (Å²) in [6.45, 7) is -1.05. The van der Waals surface area contributed by atoms with Gasteiger partial charge in [-0.15, -0.1) is 0 Å². The zero-order valence-corrected chi connectivity index (χ0v) is 17.4. The highest BCUT2D eigenvalue weighted by Crippen LogP contribution is 2.20. The molecule has 0 spiro atoms. The summed E-state index contributed by atoms with van der Waals surface area (Å²) in [4.78, 5) is 46.9. The van der Waals surface area contributed by atoms with Crippen molar-refractivity contribution in [2.45, 2.75) is 12.5 Å². The molecule has 2 rings (SSSR count). The highest BCUT2D eigenvalue weighted by atomic mass is 16.5. The van der Waals surface area contributed by atoms with E-state index in [2.05, 4.69) is 21.1 Å². The highest BCUT2D eigenvalue weighted by molar-refractivity contribution is 5.98. The Hall–Kier alpha value is -4.61. The highest BCUT2D eigenvalue weighted by Gasteiger charge is 2.22. The van der Waals surface area contributed by atoms with Gasteiger partial charge < -0.3 is 36.7 Å². The van der Waals surface area contributed by atoms with Crippen LogP contribution in [0, 0.1) is 0 Å². The normalized spacial score (nSPS) is 11.4. The van der Waals surface area contributed by atoms with E-state index in [9.17, 15) is 24.3 Å². The molecule has 7 N–H and O–H groups in total. The number of rotatable bonds is 12. The fraction of sp³-hybridized carbons (Fsp3) is 0.190. The fourth-order valence-electron chi connectivity index (χ4n) is 2.74. The summed E-state index contributed by atoms with van der Waals surface area (Å²) in [6.07, 6.45) is 1.09. The Bertz CT molecular complexity index is 1040. The van der Waals surface area contributed by atoms with E-state index in [4.69, 9.17) is 15.7 Å². The van der Waals surface area contributed by atoms with Gasteiger partial charge in [-0.3, -0.25) is 9.59 Å². The number of nitrogens with two attached hydrogens (primary N) is 1. The van der Waals surface area contributed by atoms with Gasteiger partial charge in [-0.05, 0) is 29.8 Å². The number of carbonyl (C=O) groups is 4. The van der Waals surface area contributed by atoms with Crippen LogP contribution in [0.15, 0.2) is 53.6 Å². The average molecular weight is 457 g/mol. The number of nitrogens with zero attached hydrogens (tertiary/aromatic N) is 1. The lowest BCUT2D eigenvalue weighted by molar-refractivity contribution is -0.141. The minimum atomic E-state index is -1.33. The van der Waals surface area contributed by atoms with E-state index in [1.165, 1.54) is 24.5 Å². The molecule has 0 heterocycles. The number of benzene rings is 2. The molecular weight excluding hydrogens is 434 g/mol. The van der Waals surface area contributed by atoms with Crippen LogP contribution in [-0.4, -0.2) is 59.5 Å². The second kappa shape index (κ2) is 12.3. The lowest BCUT2D eigenvalue weighted by atomic mass is 10.0. The maximum atomic E-state index is 12.3. The number of aliphatic carboxylic acids is 2. The van der Waals surface area contributed by atoms with Crippen molar-refractivity contribution >= 4 is 35.8 Å². The van der Waals surface area contributed by atoms with Gasteiger partial charge in [0.05, 0.1) is 6.54 Å². The molecule has 0 aliphatic heterocycles. The number of carboxylic acid groups (broad SMARTS) is 2. The molecule has 33 heavy (non-hydrogen) atoms. The zero-order chi connectivity index (χ0) is 24.2. The number of hydrazone groups is 1. The van der Waals surface area contributed by atoms with Gasteiger partial charge in [-0.2, -0.15) is 5.10 Å². The molecule has 0 aliphatic carbocycles. The Morgan fingerprint density at radius 2 is 1.85 bits per heavy atom. The van der Waals surface area contributed by atoms with Crippen LogP contribution in [0.4, 0.5) is 5.69 Å². The number of para-hydroxylation sites is 1. The number of hydrogen-bond donors (Lipinski definition) is 6. The number of carbonyl (C=O) groups excluding carboxylic acids is 2. The van der Waals surface area contributed by atoms with Crippen LogP contribution >= 0.6 is 0 Å². The molecule has 0 fully saturated rings. The molecule has 0 bridgehead atoms. The van der Waals surface area contributed by atoms with Gasteiger partial charge in [0.1, 0.15) is 18.1 Å². The topological polar surface area (TPSA) is 192 Å². The second-order valence-electron chi connectivity index (χ2n) is 6.64. The summed E-state index contributed by atoms with van der Waals surface area (Å²) < 4.78 is 5.16. The summed E-state index contributed by atoms with van der Waals surface area (Å²) in [5, 5.41) is 29.0. The lowest BCUT2D eigenvalue weighted by Crippen LogP contribution is -2.46. The average Bonchev–Trinajstić information content (AvgIpc) is 2.80. The fourth-order valence-corrected chi connectivity index (χ4v) is 2.74. The van der Waals surface area contributed by atoms with Crippen molar-refractivity contribution in [2.24, 2.45) is 10.9 Å². The lowest BCUT2D eigenvalue weighted by Gasteiger charge is -2.17. The molecule has 1 atom stereocenters. The van der Waals surface area contributed by atoms with Gasteiger partial charge in [-0.25, -0.2) is 9.59 Å². The van der Waals surface area contributed by atoms with E-state index >= 15 is 0 Å². The number of amides is 2. The van der Waals surface area contributed by atoms with Crippen LogP contribution in [0.3, 0.4) is 0 Å². The van der Waals surface area contributed by atoms with Gasteiger partial charge in [0.25, 0.3) is 5.91 Å². The van der Waals surface area contributed by atoms with E-state index in [-0.39, 0.29) is 17.7 Å². The standard InChI is InChI=1S/C21H23N5O7/c22-25-12-24-15-6-3-5-14(8-15)20(30)23-10-18(27)26-16(21(31)32)9-13-4-1-2-7-17(13)33-11-19(28)29/h1-8,12,16H,9-11,22H2,(H,23,30)(H,24,25)(H,26,27)(H,28,29)(H,31,32). The third kappa shape index (κ3) is 8.20. The smallest absolute Gasteiger partial charge is 0.341 e. The first kappa shape index (κ1) is 24.7. The third-order valence-corrected chi connectivity index (χ3v) is 4.22. The van der Waals surface area contributed by atoms with Gasteiger partial charge in [0, 0.05) is 17.7 Å². The minimum absolute atomic E-state index is 0.152. The zero-order valence-electron chi connectivity index (χ0n) is 17.4. The van der Waals surface area contributed by atoms with Crippen molar-refractivity contribution in [3.8, 4) is 5.75 Å². The third-order valence-electron chi connectivity index (χ3n) is 4.22. The van der Waals surface area contributed by atoms with Crippen LogP contribution in [0.25, 0.3) is 0 Å². The molecule has 0 aromatic heterocycles. The summed E-state index contributed by atoms with van der Waals surface area (Å²) in [6, 6.07) is 11.3. The SMILES string of the molecule is NN=CNc1cccc(C(=O)NCC(=O)NC(Cc2ccccc2OCC(=O)O)C(=O)O)c1. The Kier molecular flexibility index (Phi) is 9.19. The van der Waals surface area contributed by atoms with Crippen LogP contribution in [0.5, 0.6) is 5.75 Å². The quantitative estimate of drug-likeness (QED) is 0.110. The molecule has 174 valence electrons. The number of anilines is 1. The van der Waals surface area contributed by atoms with Crippen molar-refractivity contribution in [3.05, 3.63) is 59.7 Å². The molecule has 2 amide bonds. The van der Waals surface area contributed by atoms with Crippen molar-refractivity contribution in [1.82, 2.24) is 10.6 Å². The summed E-state index contributed by atoms with van der Waals surface area (Å²) in [7, 11) is 0. The molecule has 0 saturated heterocycles. The van der Waals surface area contributed by atoms with E-state index in [0.29, 0.717) is 11.3 Å². The first-order valence-electron chi connectivity index (χ1n) is 9.61. The van der Waals surface area contributed by atoms with Crippen LogP contribution in [0.1, 0.15) is 15.9 Å². The van der Waals surface area contributed by atoms with Gasteiger partial charge in [0.2, 0.25) is 5.91 Å². The molecule has 2 aromatic carbocycles. The van der Waals surface area contributed by atoms with E-state index < -0.39 is 42.9 Å². The Balaban J connectivity index is 1.96. The van der Waals surface area contributed by atoms with Crippen molar-refractivity contribution in [2.75, 3.05) is 18.5 Å². The summed E-state index contributed by atoms with van der Waals surface area (Å²) in [5.41, 5.74) is 1.22. The number of ether oxygens (including phenoxy) is 1. The number of nitrogens with one attached hydrogen (secondary N) is 3. The van der Waals surface area contributed by atoms with Crippen LogP contribution in [-0.2, 0) is 20.8 Å². The largest absolute Gasteiger partial charge is 0.482 e. The second-order valence-corrected chi connectivity index (χ2v) is 6.64. The minimum Gasteiger partial charge on any atom is -0.482 e. The van der Waals surface area contributed by atoms with Crippen molar-refractivity contribution < 1.29 is 34.1 Å². The molecular formula is C21H23N5O7. The van der Waals surface area contributed by atoms with E-state index in [0.717, 1.165) is 0 Å². The Labute approximate surface area is 188 Å². The predicted molar refractivity (Wildman–Crippen MR) is 118 cm³/mol. The van der Waals surface area contributed by atoms with Gasteiger partial charge >= 0.3 is 11.9 Å². The van der Waals surface area contributed by atoms with Crippen LogP contribution < -0.4 is 26.5 Å². The molecule has 12 nitrogen and oxygen atoms in total. The maximum Gasteiger partial charge on any atom is 0.341 e. The summed E-state index contributed by atoms with van der Waals surface area (Å²) >= 11 is 0. The van der Waals surface area contributed by atoms with Crippen molar-refractivity contribution in [1.29, 1.82) is 0 Å². The van der Waals surface area contributed by atoms with Gasteiger partial charge in [-0.1, -0.05) is 24.3 Å². The van der Waals surface area contributed by atoms with Crippen LogP contribution in [0.2, 0.25) is 0 Å². The van der Waals surface area contributed by atoms with E-state index in [1.54, 1.807) is 30.3 Å². The number of carboxylic acids is 2. The van der Waals surface area contributed by atoms with E-state index in [1.807, 2.05) is 0 Å². The first-order valence-corrected chi connectivity index (χ1v) is 9.61. The molecule has 0 radical (unpaired) electrons. The number of hydrogen-bond acceptors (Lipinski definition) is 7. The molecule has 2 aromatic rings. The van der Waals surface area contributed by atoms with Crippen molar-refractivity contribution in [3.63, 3.8) is 0 Å². The molecule has 1 unspecified atom stereocenters. The Morgan fingerprint density at radius 1 is 1.09 bits per heavy atom. The summed E-state index contributed by atoms with van der Waals surface area (Å²) in [5.74, 6) is 1.46. The molecule has 0 saturated carbocycles. The monoisotopic (exact) mass is 457 g/mol. The molecule has 12 heteroatoms. The first-order chi connectivity index (χ1) is 15.8. The van der Waals surface area contributed by atoms with Gasteiger partial charge in [0.15, 0.2) is 6.61 Å². The predicted octanol–water partition coefficient (Wildman–Crippen LogP) is 0.00580. The molecule has 0 aliphatic rings. The Morgan fingerprint density at radius 3 is 2.55 bits per heavy atom. The maximum absolute atomic E-state index is 12.3.